The third-order valence-corrected chi connectivity index (χ3v) is 6.27. The van der Waals surface area contributed by atoms with Crippen molar-refractivity contribution in [2.24, 2.45) is 0 Å². The van der Waals surface area contributed by atoms with Gasteiger partial charge in [0.15, 0.2) is 0 Å². The molecule has 1 aromatic carbocycles. The number of amides is 1. The second-order valence-electron chi connectivity index (χ2n) is 8.03. The average molecular weight is 367 g/mol. The molecule has 5 heteroatoms. The molecule has 3 heterocycles. The van der Waals surface area contributed by atoms with E-state index in [0.29, 0.717) is 5.92 Å². The summed E-state index contributed by atoms with van der Waals surface area (Å²) in [7, 11) is 0. The van der Waals surface area contributed by atoms with Gasteiger partial charge in [-0.1, -0.05) is 24.6 Å². The van der Waals surface area contributed by atoms with Gasteiger partial charge in [0, 0.05) is 24.4 Å². The topological polar surface area (TPSA) is 62.5 Å². The van der Waals surface area contributed by atoms with Crippen LogP contribution in [-0.4, -0.2) is 52.9 Å². The maximum Gasteiger partial charge on any atom is 0.239 e. The van der Waals surface area contributed by atoms with Crippen molar-refractivity contribution < 1.29 is 4.79 Å². The number of nitrogens with zero attached hydrogens (tertiary/aromatic N) is 3. The third kappa shape index (κ3) is 3.79. The van der Waals surface area contributed by atoms with Gasteiger partial charge in [-0.2, -0.15) is 0 Å². The molecule has 2 fully saturated rings. The molecular formula is C22H30N4O. The van der Waals surface area contributed by atoms with Gasteiger partial charge in [-0.05, 0) is 57.8 Å². The van der Waals surface area contributed by atoms with Gasteiger partial charge in [0.1, 0.15) is 0 Å². The van der Waals surface area contributed by atoms with Gasteiger partial charge in [0.05, 0.1) is 22.9 Å². The van der Waals surface area contributed by atoms with E-state index in [0.717, 1.165) is 61.3 Å². The standard InChI is InChI=1S/C22H30N4O/c1-16(25-11-5-2-6-12-25)22(27)26-13-9-17(10-14-26)21-19(23)15-18-7-3-4-8-20(18)24-21/h3-4,7-8,15-17H,2,5-6,9-14,23H2,1H3/t16-/m0/s1. The lowest BCUT2D eigenvalue weighted by molar-refractivity contribution is -0.137. The number of nitrogens with two attached hydrogens (primary N) is 1. The molecule has 0 radical (unpaired) electrons. The van der Waals surface area contributed by atoms with E-state index in [-0.39, 0.29) is 11.9 Å². The average Bonchev–Trinajstić information content (AvgIpc) is 2.73. The van der Waals surface area contributed by atoms with Gasteiger partial charge in [-0.15, -0.1) is 0 Å². The van der Waals surface area contributed by atoms with Crippen LogP contribution in [0.2, 0.25) is 0 Å². The first-order chi connectivity index (χ1) is 13.1. The molecule has 2 N–H and O–H groups in total. The molecule has 2 aromatic rings. The van der Waals surface area contributed by atoms with Crippen LogP contribution >= 0.6 is 0 Å². The van der Waals surface area contributed by atoms with Gasteiger partial charge in [-0.25, -0.2) is 0 Å². The zero-order valence-electron chi connectivity index (χ0n) is 16.2. The molecule has 1 amide bonds. The minimum Gasteiger partial charge on any atom is -0.397 e. The third-order valence-electron chi connectivity index (χ3n) is 6.27. The quantitative estimate of drug-likeness (QED) is 0.904. The van der Waals surface area contributed by atoms with Gasteiger partial charge >= 0.3 is 0 Å². The number of piperidine rings is 2. The van der Waals surface area contributed by atoms with Gasteiger partial charge < -0.3 is 10.6 Å². The lowest BCUT2D eigenvalue weighted by Gasteiger charge is -2.38. The number of rotatable bonds is 3. The SMILES string of the molecule is C[C@@H](C(=O)N1CCC(c2nc3ccccc3cc2N)CC1)N1CCCCC1. The Labute approximate surface area is 161 Å². The van der Waals surface area contributed by atoms with Crippen molar-refractivity contribution in [3.63, 3.8) is 0 Å². The van der Waals surface area contributed by atoms with Gasteiger partial charge in [0.2, 0.25) is 5.91 Å². The molecule has 0 aliphatic carbocycles. The number of carbonyl (C=O) groups excluding carboxylic acids is 1. The van der Waals surface area contributed by atoms with E-state index in [1.807, 2.05) is 35.2 Å². The summed E-state index contributed by atoms with van der Waals surface area (Å²) in [4.78, 5) is 22.2. The van der Waals surface area contributed by atoms with Crippen LogP contribution in [0.25, 0.3) is 10.9 Å². The van der Waals surface area contributed by atoms with Crippen LogP contribution in [0.5, 0.6) is 0 Å². The Morgan fingerprint density at radius 3 is 2.56 bits per heavy atom. The van der Waals surface area contributed by atoms with Crippen LogP contribution in [0.1, 0.15) is 50.6 Å². The van der Waals surface area contributed by atoms with Crippen LogP contribution in [0, 0.1) is 0 Å². The van der Waals surface area contributed by atoms with Crippen molar-refractivity contribution in [2.75, 3.05) is 31.9 Å². The Morgan fingerprint density at radius 2 is 1.81 bits per heavy atom. The van der Waals surface area contributed by atoms with Crippen LogP contribution < -0.4 is 5.73 Å². The summed E-state index contributed by atoms with van der Waals surface area (Å²) in [5.74, 6) is 0.624. The molecule has 2 saturated heterocycles. The first-order valence-electron chi connectivity index (χ1n) is 10.3. The van der Waals surface area contributed by atoms with E-state index in [1.165, 1.54) is 19.3 Å². The number of hydrogen-bond donors (Lipinski definition) is 1. The predicted octanol–water partition coefficient (Wildman–Crippen LogP) is 3.40. The molecule has 144 valence electrons. The van der Waals surface area contributed by atoms with Crippen molar-refractivity contribution in [1.82, 2.24) is 14.8 Å². The highest BCUT2D eigenvalue weighted by Crippen LogP contribution is 2.32. The first-order valence-corrected chi connectivity index (χ1v) is 10.3. The Kier molecular flexibility index (Phi) is 5.30. The largest absolute Gasteiger partial charge is 0.397 e. The lowest BCUT2D eigenvalue weighted by Crippen LogP contribution is -2.50. The number of pyridine rings is 1. The fraction of sp³-hybridized carbons (Fsp3) is 0.545. The molecular weight excluding hydrogens is 336 g/mol. The highest BCUT2D eigenvalue weighted by molar-refractivity contribution is 5.83. The highest BCUT2D eigenvalue weighted by Gasteiger charge is 2.31. The summed E-state index contributed by atoms with van der Waals surface area (Å²) >= 11 is 0. The molecule has 1 atom stereocenters. The van der Waals surface area contributed by atoms with Gasteiger partial charge in [-0.3, -0.25) is 14.7 Å². The zero-order valence-corrected chi connectivity index (χ0v) is 16.2. The van der Waals surface area contributed by atoms with E-state index < -0.39 is 0 Å². The number of para-hydroxylation sites is 1. The smallest absolute Gasteiger partial charge is 0.239 e. The predicted molar refractivity (Wildman–Crippen MR) is 110 cm³/mol. The fourth-order valence-corrected chi connectivity index (χ4v) is 4.57. The number of benzene rings is 1. The summed E-state index contributed by atoms with van der Waals surface area (Å²) in [5.41, 5.74) is 9.09. The van der Waals surface area contributed by atoms with Gasteiger partial charge in [0.25, 0.3) is 0 Å². The van der Waals surface area contributed by atoms with Crippen LogP contribution in [0.3, 0.4) is 0 Å². The van der Waals surface area contributed by atoms with Crippen molar-refractivity contribution in [3.8, 4) is 0 Å². The van der Waals surface area contributed by atoms with Crippen LogP contribution in [0.4, 0.5) is 5.69 Å². The van der Waals surface area contributed by atoms with Crippen LogP contribution in [0.15, 0.2) is 30.3 Å². The molecule has 5 nitrogen and oxygen atoms in total. The summed E-state index contributed by atoms with van der Waals surface area (Å²) in [6.45, 7) is 5.79. The van der Waals surface area contributed by atoms with Crippen molar-refractivity contribution >= 4 is 22.5 Å². The van der Waals surface area contributed by atoms with Crippen molar-refractivity contribution in [1.29, 1.82) is 0 Å². The molecule has 1 aromatic heterocycles. The number of anilines is 1. The molecule has 2 aliphatic heterocycles. The molecule has 0 saturated carbocycles. The van der Waals surface area contributed by atoms with Crippen LogP contribution in [-0.2, 0) is 4.79 Å². The molecule has 4 rings (SSSR count). The fourth-order valence-electron chi connectivity index (χ4n) is 4.57. The second kappa shape index (κ2) is 7.85. The number of carbonyl (C=O) groups is 1. The molecule has 27 heavy (non-hydrogen) atoms. The Morgan fingerprint density at radius 1 is 1.11 bits per heavy atom. The van der Waals surface area contributed by atoms with Crippen molar-refractivity contribution in [3.05, 3.63) is 36.0 Å². The van der Waals surface area contributed by atoms with E-state index in [4.69, 9.17) is 10.7 Å². The maximum absolute atomic E-state index is 12.9. The van der Waals surface area contributed by atoms with E-state index >= 15 is 0 Å². The summed E-state index contributed by atoms with van der Waals surface area (Å²) in [6.07, 6.45) is 5.60. The molecule has 0 bridgehead atoms. The first kappa shape index (κ1) is 18.2. The number of likely N-dealkylation sites (tertiary alicyclic amines) is 2. The Hall–Kier alpha value is -2.14. The summed E-state index contributed by atoms with van der Waals surface area (Å²) in [5, 5.41) is 1.08. The van der Waals surface area contributed by atoms with E-state index in [1.54, 1.807) is 0 Å². The summed E-state index contributed by atoms with van der Waals surface area (Å²) < 4.78 is 0. The number of nitrogen functional groups attached to an aromatic ring is 1. The number of fused-ring (bicyclic) bond motifs is 1. The normalized spacial score (nSPS) is 20.7. The minimum atomic E-state index is 0.00529. The molecule has 0 unspecified atom stereocenters. The number of hydrogen-bond acceptors (Lipinski definition) is 4. The number of aromatic nitrogens is 1. The van der Waals surface area contributed by atoms with E-state index in [2.05, 4.69) is 11.8 Å². The second-order valence-corrected chi connectivity index (χ2v) is 8.03. The Balaban J connectivity index is 1.41. The maximum atomic E-state index is 12.9. The molecule has 0 spiro atoms. The zero-order chi connectivity index (χ0) is 18.8. The highest BCUT2D eigenvalue weighted by atomic mass is 16.2. The Bertz CT molecular complexity index is 807. The van der Waals surface area contributed by atoms with E-state index in [9.17, 15) is 4.79 Å². The van der Waals surface area contributed by atoms with Crippen molar-refractivity contribution in [2.45, 2.75) is 51.0 Å². The monoisotopic (exact) mass is 366 g/mol. The summed E-state index contributed by atoms with van der Waals surface area (Å²) in [6, 6.07) is 10.2. The molecule has 2 aliphatic rings. The lowest BCUT2D eigenvalue weighted by atomic mass is 9.91. The minimum absolute atomic E-state index is 0.00529.